The third-order valence-corrected chi connectivity index (χ3v) is 6.73. The number of hydrogen-bond donors (Lipinski definition) is 3. The molecule has 1 aliphatic rings. The molecule has 1 aliphatic heterocycles. The van der Waals surface area contributed by atoms with Crippen LogP contribution in [0.3, 0.4) is 0 Å². The molecule has 1 aromatic heterocycles. The number of nitrogens with one attached hydrogen (secondary N) is 3. The van der Waals surface area contributed by atoms with Crippen LogP contribution in [-0.4, -0.2) is 116 Å². The number of aromatic nitrogens is 2. The highest BCUT2D eigenvalue weighted by Gasteiger charge is 2.20. The van der Waals surface area contributed by atoms with Crippen molar-refractivity contribution in [2.24, 2.45) is 0 Å². The molecule has 1 aromatic carbocycles. The van der Waals surface area contributed by atoms with Gasteiger partial charge in [0.15, 0.2) is 0 Å². The quantitative estimate of drug-likeness (QED) is 0.172. The Labute approximate surface area is 253 Å². The summed E-state index contributed by atoms with van der Waals surface area (Å²) in [5.74, 6) is 6.41. The Morgan fingerprint density at radius 3 is 2.74 bits per heavy atom. The van der Waals surface area contributed by atoms with Crippen molar-refractivity contribution in [2.75, 3.05) is 84.3 Å². The zero-order valence-electron chi connectivity index (χ0n) is 25.5. The molecule has 1 saturated heterocycles. The van der Waals surface area contributed by atoms with E-state index in [2.05, 4.69) is 42.7 Å². The molecule has 2 heterocycles. The maximum Gasteiger partial charge on any atom is 0.246 e. The lowest BCUT2D eigenvalue weighted by molar-refractivity contribution is -0.135. The Balaban J connectivity index is 1.53. The smallest absolute Gasteiger partial charge is 0.246 e. The van der Waals surface area contributed by atoms with Gasteiger partial charge >= 0.3 is 0 Å². The fourth-order valence-electron chi connectivity index (χ4n) is 4.06. The lowest BCUT2D eigenvalue weighted by Gasteiger charge is -2.26. The molecule has 12 heteroatoms. The van der Waals surface area contributed by atoms with Crippen molar-refractivity contribution < 1.29 is 18.7 Å². The van der Waals surface area contributed by atoms with Gasteiger partial charge in [0.2, 0.25) is 17.8 Å². The number of ether oxygens (including phenoxy) is 1. The van der Waals surface area contributed by atoms with Crippen molar-refractivity contribution >= 4 is 29.3 Å². The van der Waals surface area contributed by atoms with Crippen molar-refractivity contribution in [3.8, 4) is 11.8 Å². The molecule has 2 amide bonds. The van der Waals surface area contributed by atoms with Crippen LogP contribution in [0.5, 0.6) is 0 Å². The monoisotopic (exact) mass is 594 g/mol. The van der Waals surface area contributed by atoms with Crippen molar-refractivity contribution in [3.05, 3.63) is 54.0 Å². The Bertz CT molecular complexity index is 1290. The first-order chi connectivity index (χ1) is 20.7. The SMILES string of the molecule is C[C@@H](C(=O)NCCCC#Cc1cnc(Nc2cccc(F)c2)nc1NCCN1CCOCC1)N(C)C(=O)/C=C/CN(C)C. The number of halogens is 1. The number of amides is 2. The van der Waals surface area contributed by atoms with E-state index in [0.717, 1.165) is 32.8 Å². The van der Waals surface area contributed by atoms with Gasteiger partial charge in [-0.05, 0) is 45.6 Å². The van der Waals surface area contributed by atoms with Gasteiger partial charge in [-0.2, -0.15) is 4.98 Å². The Morgan fingerprint density at radius 2 is 2.00 bits per heavy atom. The van der Waals surface area contributed by atoms with Gasteiger partial charge in [0.05, 0.1) is 25.0 Å². The van der Waals surface area contributed by atoms with Gasteiger partial charge in [0.1, 0.15) is 17.7 Å². The minimum absolute atomic E-state index is 0.216. The molecule has 0 radical (unpaired) electrons. The molecule has 43 heavy (non-hydrogen) atoms. The summed E-state index contributed by atoms with van der Waals surface area (Å²) >= 11 is 0. The van der Waals surface area contributed by atoms with Crippen LogP contribution in [0.1, 0.15) is 25.3 Å². The summed E-state index contributed by atoms with van der Waals surface area (Å²) < 4.78 is 19.1. The van der Waals surface area contributed by atoms with Crippen LogP contribution in [0.15, 0.2) is 42.6 Å². The van der Waals surface area contributed by atoms with Crippen LogP contribution in [0.4, 0.5) is 21.8 Å². The van der Waals surface area contributed by atoms with E-state index in [-0.39, 0.29) is 17.6 Å². The minimum Gasteiger partial charge on any atom is -0.379 e. The minimum atomic E-state index is -0.592. The van der Waals surface area contributed by atoms with E-state index in [0.29, 0.717) is 55.5 Å². The predicted molar refractivity (Wildman–Crippen MR) is 167 cm³/mol. The highest BCUT2D eigenvalue weighted by molar-refractivity contribution is 5.92. The van der Waals surface area contributed by atoms with E-state index in [1.54, 1.807) is 38.4 Å². The van der Waals surface area contributed by atoms with Gasteiger partial charge < -0.3 is 30.5 Å². The highest BCUT2D eigenvalue weighted by Crippen LogP contribution is 2.18. The fraction of sp³-hybridized carbons (Fsp3) is 0.484. The number of hydrogen-bond acceptors (Lipinski definition) is 9. The van der Waals surface area contributed by atoms with E-state index >= 15 is 0 Å². The number of carbonyl (C=O) groups is 2. The number of morpholine rings is 1. The molecule has 2 aromatic rings. The van der Waals surface area contributed by atoms with E-state index < -0.39 is 6.04 Å². The van der Waals surface area contributed by atoms with E-state index in [1.807, 2.05) is 19.0 Å². The Morgan fingerprint density at radius 1 is 1.21 bits per heavy atom. The summed E-state index contributed by atoms with van der Waals surface area (Å²) in [5.41, 5.74) is 1.19. The van der Waals surface area contributed by atoms with Crippen LogP contribution in [-0.2, 0) is 14.3 Å². The summed E-state index contributed by atoms with van der Waals surface area (Å²) in [6.07, 6.45) is 6.09. The number of rotatable bonds is 14. The molecule has 3 N–H and O–H groups in total. The molecule has 0 unspecified atom stereocenters. The van der Waals surface area contributed by atoms with Gasteiger partial charge in [0.25, 0.3) is 0 Å². The van der Waals surface area contributed by atoms with E-state index in [4.69, 9.17) is 4.74 Å². The van der Waals surface area contributed by atoms with Crippen molar-refractivity contribution in [2.45, 2.75) is 25.8 Å². The predicted octanol–water partition coefficient (Wildman–Crippen LogP) is 2.32. The summed E-state index contributed by atoms with van der Waals surface area (Å²) in [6, 6.07) is 5.52. The molecule has 1 atom stereocenters. The summed E-state index contributed by atoms with van der Waals surface area (Å²) in [4.78, 5) is 39.5. The van der Waals surface area contributed by atoms with Crippen LogP contribution in [0, 0.1) is 17.7 Å². The van der Waals surface area contributed by atoms with Crippen molar-refractivity contribution in [3.63, 3.8) is 0 Å². The van der Waals surface area contributed by atoms with Crippen molar-refractivity contribution in [1.29, 1.82) is 0 Å². The summed E-state index contributed by atoms with van der Waals surface area (Å²) in [5, 5.41) is 9.28. The molecular weight excluding hydrogens is 551 g/mol. The molecular formula is C31H43FN8O3. The zero-order valence-corrected chi connectivity index (χ0v) is 25.5. The fourth-order valence-corrected chi connectivity index (χ4v) is 4.06. The first-order valence-corrected chi connectivity index (χ1v) is 14.5. The first-order valence-electron chi connectivity index (χ1n) is 14.5. The lowest BCUT2D eigenvalue weighted by Crippen LogP contribution is -2.45. The molecule has 1 fully saturated rings. The second-order valence-electron chi connectivity index (χ2n) is 10.5. The Kier molecular flexibility index (Phi) is 13.8. The van der Waals surface area contributed by atoms with Gasteiger partial charge in [0, 0.05) is 64.5 Å². The zero-order chi connectivity index (χ0) is 31.0. The number of benzene rings is 1. The molecule has 0 spiro atoms. The molecule has 11 nitrogen and oxygen atoms in total. The van der Waals surface area contributed by atoms with Gasteiger partial charge in [-0.3, -0.25) is 14.5 Å². The number of nitrogens with zero attached hydrogens (tertiary/aromatic N) is 5. The van der Waals surface area contributed by atoms with Gasteiger partial charge in [-0.25, -0.2) is 9.37 Å². The maximum absolute atomic E-state index is 13.6. The average molecular weight is 595 g/mol. The summed E-state index contributed by atoms with van der Waals surface area (Å²) in [6.45, 7) is 7.52. The topological polar surface area (TPSA) is 115 Å². The van der Waals surface area contributed by atoms with Crippen LogP contribution in [0.2, 0.25) is 0 Å². The highest BCUT2D eigenvalue weighted by atomic mass is 19.1. The standard InChI is InChI=1S/C31H43FN8O3/c1-24(39(4)28(41)13-9-16-38(2)3)30(42)34-14-7-5-6-10-25-23-35-31(36-27-12-8-11-26(32)22-27)37-29(25)33-15-17-40-18-20-43-21-19-40/h8-9,11-13,22-24H,5,7,14-21H2,1-4H3,(H,34,42)(H2,33,35,36,37)/b13-9+/t24-/m0/s1. The number of anilines is 3. The van der Waals surface area contributed by atoms with Crippen molar-refractivity contribution in [1.82, 2.24) is 30.0 Å². The molecule has 0 saturated carbocycles. The largest absolute Gasteiger partial charge is 0.379 e. The van der Waals surface area contributed by atoms with Gasteiger partial charge in [-0.15, -0.1) is 0 Å². The third kappa shape index (κ3) is 12.0. The van der Waals surface area contributed by atoms with Crippen LogP contribution in [0.25, 0.3) is 0 Å². The number of carbonyl (C=O) groups excluding carboxylic acids is 2. The van der Waals surface area contributed by atoms with Crippen LogP contribution >= 0.6 is 0 Å². The first kappa shape index (κ1) is 33.5. The number of unbranched alkanes of at least 4 members (excludes halogenated alkanes) is 1. The molecule has 0 bridgehead atoms. The van der Waals surface area contributed by atoms with Crippen LogP contribution < -0.4 is 16.0 Å². The van der Waals surface area contributed by atoms with E-state index in [1.165, 1.54) is 23.1 Å². The normalized spacial score (nSPS) is 14.2. The molecule has 0 aliphatic carbocycles. The lowest BCUT2D eigenvalue weighted by atomic mass is 10.2. The molecule has 3 rings (SSSR count). The van der Waals surface area contributed by atoms with Gasteiger partial charge in [-0.1, -0.05) is 24.0 Å². The second-order valence-corrected chi connectivity index (χ2v) is 10.5. The number of likely N-dealkylation sites (N-methyl/N-ethyl adjacent to an activating group) is 2. The summed E-state index contributed by atoms with van der Waals surface area (Å²) in [7, 11) is 5.45. The second kappa shape index (κ2) is 17.8. The van der Waals surface area contributed by atoms with E-state index in [9.17, 15) is 14.0 Å². The Hall–Kier alpha value is -4.05. The average Bonchev–Trinajstić information content (AvgIpc) is 2.99. The third-order valence-electron chi connectivity index (χ3n) is 6.73. The molecule has 232 valence electrons. The maximum atomic E-state index is 13.6.